The zero-order chi connectivity index (χ0) is 12.8. The Labute approximate surface area is 111 Å². The van der Waals surface area contributed by atoms with Gasteiger partial charge in [-0.3, -0.25) is 4.79 Å². The molecule has 2 fully saturated rings. The van der Waals surface area contributed by atoms with E-state index in [0.717, 1.165) is 44.6 Å². The zero-order valence-electron chi connectivity index (χ0n) is 11.5. The predicted molar refractivity (Wildman–Crippen MR) is 74.2 cm³/mol. The molecule has 0 radical (unpaired) electrons. The first kappa shape index (κ1) is 13.9. The maximum absolute atomic E-state index is 12.0. The summed E-state index contributed by atoms with van der Waals surface area (Å²) in [6.07, 6.45) is 13.4. The molecule has 0 aliphatic heterocycles. The molecule has 0 aromatic carbocycles. The topological polar surface area (TPSA) is 55.1 Å². The van der Waals surface area contributed by atoms with Crippen LogP contribution in [0.4, 0.5) is 0 Å². The van der Waals surface area contributed by atoms with Crippen LogP contribution in [0.25, 0.3) is 0 Å². The third-order valence-corrected chi connectivity index (χ3v) is 4.75. The van der Waals surface area contributed by atoms with Crippen molar-refractivity contribution in [3.8, 4) is 0 Å². The van der Waals surface area contributed by atoms with Gasteiger partial charge in [0.15, 0.2) is 0 Å². The van der Waals surface area contributed by atoms with Crippen LogP contribution in [0.2, 0.25) is 0 Å². The lowest BCUT2D eigenvalue weighted by Gasteiger charge is -2.22. The number of carbonyl (C=O) groups is 1. The van der Waals surface area contributed by atoms with Crippen molar-refractivity contribution in [1.29, 1.82) is 0 Å². The van der Waals surface area contributed by atoms with Gasteiger partial charge in [-0.15, -0.1) is 0 Å². The Bertz CT molecular complexity index is 266. The number of rotatable bonds is 6. The lowest BCUT2D eigenvalue weighted by molar-refractivity contribution is -0.126. The third kappa shape index (κ3) is 3.71. The zero-order valence-corrected chi connectivity index (χ0v) is 11.5. The predicted octanol–water partition coefficient (Wildman–Crippen LogP) is 2.73. The van der Waals surface area contributed by atoms with Gasteiger partial charge in [0, 0.05) is 6.54 Å². The molecule has 0 aromatic rings. The Hall–Kier alpha value is -0.570. The van der Waals surface area contributed by atoms with Crippen molar-refractivity contribution in [2.75, 3.05) is 6.54 Å². The highest BCUT2D eigenvalue weighted by Gasteiger charge is 2.36. The summed E-state index contributed by atoms with van der Waals surface area (Å²) < 4.78 is 0. The van der Waals surface area contributed by atoms with E-state index >= 15 is 0 Å². The van der Waals surface area contributed by atoms with Gasteiger partial charge in [0.25, 0.3) is 0 Å². The number of amides is 1. The number of hydrogen-bond acceptors (Lipinski definition) is 2. The second-order valence-corrected chi connectivity index (χ2v) is 6.27. The lowest BCUT2D eigenvalue weighted by atomic mass is 9.98. The smallest absolute Gasteiger partial charge is 0.240 e. The second kappa shape index (κ2) is 6.55. The standard InChI is InChI=1S/C15H28N2O/c16-15(10-4-5-11-15)14(18)17-12-6-3-9-13-7-1-2-8-13/h13H,1-12,16H2,(H,17,18). The van der Waals surface area contributed by atoms with E-state index in [0.29, 0.717) is 0 Å². The molecule has 0 heterocycles. The summed E-state index contributed by atoms with van der Waals surface area (Å²) in [5.74, 6) is 1.05. The van der Waals surface area contributed by atoms with E-state index in [1.54, 1.807) is 0 Å². The van der Waals surface area contributed by atoms with E-state index in [9.17, 15) is 4.79 Å². The van der Waals surface area contributed by atoms with Crippen molar-refractivity contribution in [3.05, 3.63) is 0 Å². The average molecular weight is 252 g/mol. The Morgan fingerprint density at radius 2 is 1.78 bits per heavy atom. The molecule has 0 bridgehead atoms. The van der Waals surface area contributed by atoms with Gasteiger partial charge in [-0.05, 0) is 25.2 Å². The minimum Gasteiger partial charge on any atom is -0.355 e. The Kier molecular flexibility index (Phi) is 5.04. The second-order valence-electron chi connectivity index (χ2n) is 6.27. The molecule has 104 valence electrons. The first-order valence-electron chi connectivity index (χ1n) is 7.78. The van der Waals surface area contributed by atoms with E-state index in [1.807, 2.05) is 0 Å². The summed E-state index contributed by atoms with van der Waals surface area (Å²) in [6, 6.07) is 0. The number of nitrogens with two attached hydrogens (primary N) is 1. The fraction of sp³-hybridized carbons (Fsp3) is 0.933. The van der Waals surface area contributed by atoms with E-state index in [1.165, 1.54) is 38.5 Å². The number of nitrogens with one attached hydrogen (secondary N) is 1. The van der Waals surface area contributed by atoms with Gasteiger partial charge in [-0.2, -0.15) is 0 Å². The first-order valence-corrected chi connectivity index (χ1v) is 7.78. The molecule has 0 unspecified atom stereocenters. The third-order valence-electron chi connectivity index (χ3n) is 4.75. The minimum absolute atomic E-state index is 0.0841. The Morgan fingerprint density at radius 3 is 2.44 bits per heavy atom. The van der Waals surface area contributed by atoms with E-state index in [2.05, 4.69) is 5.32 Å². The molecule has 2 rings (SSSR count). The maximum atomic E-state index is 12.0. The summed E-state index contributed by atoms with van der Waals surface area (Å²) in [5.41, 5.74) is 5.55. The highest BCUT2D eigenvalue weighted by atomic mass is 16.2. The highest BCUT2D eigenvalue weighted by molar-refractivity contribution is 5.86. The Morgan fingerprint density at radius 1 is 1.11 bits per heavy atom. The molecule has 0 atom stereocenters. The molecular formula is C15H28N2O. The van der Waals surface area contributed by atoms with Crippen molar-refractivity contribution >= 4 is 5.91 Å². The molecule has 18 heavy (non-hydrogen) atoms. The van der Waals surface area contributed by atoms with Crippen LogP contribution in [-0.2, 0) is 4.79 Å². The van der Waals surface area contributed by atoms with Crippen LogP contribution < -0.4 is 11.1 Å². The van der Waals surface area contributed by atoms with Gasteiger partial charge in [-0.25, -0.2) is 0 Å². The van der Waals surface area contributed by atoms with E-state index in [4.69, 9.17) is 5.73 Å². The van der Waals surface area contributed by atoms with Crippen molar-refractivity contribution in [3.63, 3.8) is 0 Å². The van der Waals surface area contributed by atoms with Crippen molar-refractivity contribution in [1.82, 2.24) is 5.32 Å². The number of hydrogen-bond donors (Lipinski definition) is 2. The van der Waals surface area contributed by atoms with Crippen LogP contribution in [0.1, 0.15) is 70.6 Å². The minimum atomic E-state index is -0.550. The van der Waals surface area contributed by atoms with Crippen LogP contribution in [0.15, 0.2) is 0 Å². The average Bonchev–Trinajstić information content (AvgIpc) is 3.00. The molecule has 1 amide bonds. The van der Waals surface area contributed by atoms with Gasteiger partial charge < -0.3 is 11.1 Å². The molecule has 0 aromatic heterocycles. The fourth-order valence-corrected chi connectivity index (χ4v) is 3.47. The summed E-state index contributed by atoms with van der Waals surface area (Å²) in [7, 11) is 0. The molecule has 0 saturated heterocycles. The van der Waals surface area contributed by atoms with E-state index < -0.39 is 5.54 Å². The van der Waals surface area contributed by atoms with Gasteiger partial charge in [-0.1, -0.05) is 51.4 Å². The quantitative estimate of drug-likeness (QED) is 0.714. The molecular weight excluding hydrogens is 224 g/mol. The highest BCUT2D eigenvalue weighted by Crippen LogP contribution is 2.29. The normalized spacial score (nSPS) is 23.4. The molecule has 2 aliphatic rings. The largest absolute Gasteiger partial charge is 0.355 e. The molecule has 3 nitrogen and oxygen atoms in total. The van der Waals surface area contributed by atoms with Crippen molar-refractivity contribution in [2.24, 2.45) is 11.7 Å². The monoisotopic (exact) mass is 252 g/mol. The summed E-state index contributed by atoms with van der Waals surface area (Å²) in [5, 5.41) is 3.03. The van der Waals surface area contributed by atoms with Crippen LogP contribution in [0.3, 0.4) is 0 Å². The van der Waals surface area contributed by atoms with Gasteiger partial charge in [0.1, 0.15) is 0 Å². The maximum Gasteiger partial charge on any atom is 0.240 e. The van der Waals surface area contributed by atoms with Crippen LogP contribution in [-0.4, -0.2) is 18.0 Å². The molecule has 0 spiro atoms. The van der Waals surface area contributed by atoms with Gasteiger partial charge >= 0.3 is 0 Å². The van der Waals surface area contributed by atoms with Gasteiger partial charge in [0.2, 0.25) is 5.91 Å². The molecule has 2 aliphatic carbocycles. The summed E-state index contributed by atoms with van der Waals surface area (Å²) in [4.78, 5) is 12.0. The number of unbranched alkanes of at least 4 members (excludes halogenated alkanes) is 1. The molecule has 3 heteroatoms. The van der Waals surface area contributed by atoms with Crippen LogP contribution >= 0.6 is 0 Å². The summed E-state index contributed by atoms with van der Waals surface area (Å²) >= 11 is 0. The SMILES string of the molecule is NC1(C(=O)NCCCCC2CCCC2)CCCC1. The fourth-order valence-electron chi connectivity index (χ4n) is 3.47. The first-order chi connectivity index (χ1) is 8.71. The van der Waals surface area contributed by atoms with Crippen LogP contribution in [0, 0.1) is 5.92 Å². The Balaban J connectivity index is 1.53. The number of carbonyl (C=O) groups excluding carboxylic acids is 1. The lowest BCUT2D eigenvalue weighted by Crippen LogP contribution is -2.52. The van der Waals surface area contributed by atoms with Gasteiger partial charge in [0.05, 0.1) is 5.54 Å². The summed E-state index contributed by atoms with van der Waals surface area (Å²) in [6.45, 7) is 0.810. The van der Waals surface area contributed by atoms with E-state index in [-0.39, 0.29) is 5.91 Å². The molecule has 2 saturated carbocycles. The van der Waals surface area contributed by atoms with Crippen LogP contribution in [0.5, 0.6) is 0 Å². The molecule has 3 N–H and O–H groups in total. The van der Waals surface area contributed by atoms with Crippen molar-refractivity contribution < 1.29 is 4.79 Å². The van der Waals surface area contributed by atoms with Crippen molar-refractivity contribution in [2.45, 2.75) is 76.2 Å².